The number of rotatable bonds is 3. The van der Waals surface area contributed by atoms with Crippen molar-refractivity contribution in [3.8, 4) is 0 Å². The molecule has 1 aliphatic carbocycles. The molecular weight excluding hydrogens is 196 g/mol. The van der Waals surface area contributed by atoms with Crippen LogP contribution >= 0.6 is 0 Å². The number of piperidine rings is 1. The average Bonchev–Trinajstić information content (AvgIpc) is 2.74. The van der Waals surface area contributed by atoms with E-state index >= 15 is 0 Å². The van der Waals surface area contributed by atoms with Gasteiger partial charge >= 0.3 is 0 Å². The van der Waals surface area contributed by atoms with Crippen LogP contribution in [0.2, 0.25) is 0 Å². The van der Waals surface area contributed by atoms with Crippen LogP contribution in [0.1, 0.15) is 52.4 Å². The summed E-state index contributed by atoms with van der Waals surface area (Å²) >= 11 is 0. The highest BCUT2D eigenvalue weighted by atomic mass is 15.2. The average molecular weight is 224 g/mol. The van der Waals surface area contributed by atoms with Crippen molar-refractivity contribution in [2.75, 3.05) is 19.6 Å². The van der Waals surface area contributed by atoms with E-state index in [9.17, 15) is 0 Å². The van der Waals surface area contributed by atoms with Gasteiger partial charge in [0.1, 0.15) is 0 Å². The van der Waals surface area contributed by atoms with Crippen LogP contribution in [-0.2, 0) is 0 Å². The predicted octanol–water partition coefficient (Wildman–Crippen LogP) is 2.63. The molecule has 0 spiro atoms. The van der Waals surface area contributed by atoms with Gasteiger partial charge in [-0.05, 0) is 50.1 Å². The normalized spacial score (nSPS) is 32.1. The second kappa shape index (κ2) is 5.05. The number of nitrogens with two attached hydrogens (primary N) is 1. The summed E-state index contributed by atoms with van der Waals surface area (Å²) in [6, 6.07) is 0.901. The molecule has 1 saturated heterocycles. The highest BCUT2D eigenvalue weighted by molar-refractivity contribution is 4.90. The fourth-order valence-corrected chi connectivity index (χ4v) is 3.76. The first-order chi connectivity index (χ1) is 7.63. The molecule has 1 aliphatic heterocycles. The van der Waals surface area contributed by atoms with Crippen molar-refractivity contribution in [3.63, 3.8) is 0 Å². The van der Waals surface area contributed by atoms with Crippen molar-refractivity contribution in [1.29, 1.82) is 0 Å². The minimum absolute atomic E-state index is 0.472. The van der Waals surface area contributed by atoms with E-state index in [1.165, 1.54) is 51.6 Å². The predicted molar refractivity (Wildman–Crippen MR) is 69.4 cm³/mol. The highest BCUT2D eigenvalue weighted by Gasteiger charge is 2.37. The van der Waals surface area contributed by atoms with Gasteiger partial charge in [-0.1, -0.05) is 26.7 Å². The van der Waals surface area contributed by atoms with E-state index in [1.54, 1.807) is 0 Å². The molecule has 0 aromatic carbocycles. The molecule has 2 fully saturated rings. The topological polar surface area (TPSA) is 29.3 Å². The molecule has 1 saturated carbocycles. The SMILES string of the molecule is CC1(C)CN(C2CCCC2)CCC1CCN. The van der Waals surface area contributed by atoms with Crippen LogP contribution in [-0.4, -0.2) is 30.6 Å². The third-order valence-corrected chi connectivity index (χ3v) is 4.84. The van der Waals surface area contributed by atoms with Gasteiger partial charge in [0, 0.05) is 12.6 Å². The van der Waals surface area contributed by atoms with E-state index < -0.39 is 0 Å². The van der Waals surface area contributed by atoms with Crippen LogP contribution in [0, 0.1) is 11.3 Å². The van der Waals surface area contributed by atoms with Crippen molar-refractivity contribution < 1.29 is 0 Å². The monoisotopic (exact) mass is 224 g/mol. The van der Waals surface area contributed by atoms with Crippen LogP contribution in [0.3, 0.4) is 0 Å². The van der Waals surface area contributed by atoms with E-state index in [4.69, 9.17) is 5.73 Å². The fraction of sp³-hybridized carbons (Fsp3) is 1.00. The number of hydrogen-bond donors (Lipinski definition) is 1. The van der Waals surface area contributed by atoms with Gasteiger partial charge in [-0.2, -0.15) is 0 Å². The molecule has 0 aromatic heterocycles. The van der Waals surface area contributed by atoms with Crippen LogP contribution in [0.5, 0.6) is 0 Å². The van der Waals surface area contributed by atoms with Crippen molar-refractivity contribution in [2.24, 2.45) is 17.1 Å². The zero-order valence-electron chi connectivity index (χ0n) is 11.0. The lowest BCUT2D eigenvalue weighted by Gasteiger charge is -2.46. The van der Waals surface area contributed by atoms with Crippen LogP contribution in [0.4, 0.5) is 0 Å². The maximum absolute atomic E-state index is 5.72. The Balaban J connectivity index is 1.92. The summed E-state index contributed by atoms with van der Waals surface area (Å²) in [5.74, 6) is 0.843. The van der Waals surface area contributed by atoms with E-state index in [-0.39, 0.29) is 0 Å². The van der Waals surface area contributed by atoms with E-state index in [1.807, 2.05) is 0 Å². The van der Waals surface area contributed by atoms with Crippen LogP contribution in [0.15, 0.2) is 0 Å². The summed E-state index contributed by atoms with van der Waals surface area (Å²) in [6.45, 7) is 8.35. The van der Waals surface area contributed by atoms with E-state index in [2.05, 4.69) is 18.7 Å². The second-order valence-corrected chi connectivity index (χ2v) is 6.46. The summed E-state index contributed by atoms with van der Waals surface area (Å²) in [6.07, 6.45) is 8.36. The van der Waals surface area contributed by atoms with Crippen LogP contribution in [0.25, 0.3) is 0 Å². The number of likely N-dealkylation sites (tertiary alicyclic amines) is 1. The largest absolute Gasteiger partial charge is 0.330 e. The lowest BCUT2D eigenvalue weighted by molar-refractivity contribution is 0.0267. The van der Waals surface area contributed by atoms with E-state index in [0.29, 0.717) is 5.41 Å². The Morgan fingerprint density at radius 2 is 1.88 bits per heavy atom. The molecule has 2 nitrogen and oxygen atoms in total. The van der Waals surface area contributed by atoms with Crippen LogP contribution < -0.4 is 5.73 Å². The third kappa shape index (κ3) is 2.60. The summed E-state index contributed by atoms with van der Waals surface area (Å²) in [4.78, 5) is 2.76. The molecule has 1 atom stereocenters. The maximum Gasteiger partial charge on any atom is 0.00954 e. The number of nitrogens with zero attached hydrogens (tertiary/aromatic N) is 1. The first-order valence-electron chi connectivity index (χ1n) is 7.07. The first-order valence-corrected chi connectivity index (χ1v) is 7.07. The van der Waals surface area contributed by atoms with Gasteiger partial charge in [0.25, 0.3) is 0 Å². The van der Waals surface area contributed by atoms with Gasteiger partial charge in [0.2, 0.25) is 0 Å². The van der Waals surface area contributed by atoms with Gasteiger partial charge < -0.3 is 5.73 Å². The van der Waals surface area contributed by atoms with Gasteiger partial charge in [-0.3, -0.25) is 4.90 Å². The minimum atomic E-state index is 0.472. The maximum atomic E-state index is 5.72. The fourth-order valence-electron chi connectivity index (χ4n) is 3.76. The Morgan fingerprint density at radius 3 is 2.44 bits per heavy atom. The summed E-state index contributed by atoms with van der Waals surface area (Å²) in [5, 5.41) is 0. The Hall–Kier alpha value is -0.0800. The first kappa shape index (κ1) is 12.4. The van der Waals surface area contributed by atoms with Gasteiger partial charge in [-0.15, -0.1) is 0 Å². The second-order valence-electron chi connectivity index (χ2n) is 6.46. The van der Waals surface area contributed by atoms with Crippen molar-refractivity contribution >= 4 is 0 Å². The molecule has 2 aliphatic rings. The molecule has 0 bridgehead atoms. The Labute approximate surface area is 101 Å². The summed E-state index contributed by atoms with van der Waals surface area (Å²) in [7, 11) is 0. The quantitative estimate of drug-likeness (QED) is 0.798. The standard InChI is InChI=1S/C14H28N2/c1-14(2)11-16(13-5-3-4-6-13)10-8-12(14)7-9-15/h12-13H,3-11,15H2,1-2H3. The van der Waals surface area contributed by atoms with Crippen molar-refractivity contribution in [2.45, 2.75) is 58.4 Å². The molecule has 0 amide bonds. The van der Waals surface area contributed by atoms with Gasteiger partial charge in [-0.25, -0.2) is 0 Å². The highest BCUT2D eigenvalue weighted by Crippen LogP contribution is 2.39. The van der Waals surface area contributed by atoms with Gasteiger partial charge in [0.15, 0.2) is 0 Å². The summed E-state index contributed by atoms with van der Waals surface area (Å²) < 4.78 is 0. The molecule has 1 unspecified atom stereocenters. The zero-order chi connectivity index (χ0) is 11.6. The molecule has 0 radical (unpaired) electrons. The molecule has 2 rings (SSSR count). The lowest BCUT2D eigenvalue weighted by Crippen LogP contribution is -2.49. The number of hydrogen-bond acceptors (Lipinski definition) is 2. The molecule has 16 heavy (non-hydrogen) atoms. The smallest absolute Gasteiger partial charge is 0.00954 e. The Bertz CT molecular complexity index is 219. The van der Waals surface area contributed by atoms with Crippen molar-refractivity contribution in [3.05, 3.63) is 0 Å². The van der Waals surface area contributed by atoms with E-state index in [0.717, 1.165) is 18.5 Å². The third-order valence-electron chi connectivity index (χ3n) is 4.84. The molecule has 2 heteroatoms. The Kier molecular flexibility index (Phi) is 3.91. The molecule has 2 N–H and O–H groups in total. The summed E-state index contributed by atoms with van der Waals surface area (Å²) in [5.41, 5.74) is 6.20. The molecular formula is C14H28N2. The lowest BCUT2D eigenvalue weighted by atomic mass is 9.72. The minimum Gasteiger partial charge on any atom is -0.330 e. The molecule has 1 heterocycles. The van der Waals surface area contributed by atoms with Crippen molar-refractivity contribution in [1.82, 2.24) is 4.90 Å². The molecule has 0 aromatic rings. The Morgan fingerprint density at radius 1 is 1.19 bits per heavy atom. The molecule has 94 valence electrons. The van der Waals surface area contributed by atoms with Gasteiger partial charge in [0.05, 0.1) is 0 Å². The zero-order valence-corrected chi connectivity index (χ0v) is 11.0.